The van der Waals surface area contributed by atoms with Gasteiger partial charge in [-0.05, 0) is 49.7 Å². The topological polar surface area (TPSA) is 50.7 Å². The van der Waals surface area contributed by atoms with Gasteiger partial charge in [0, 0.05) is 11.4 Å². The van der Waals surface area contributed by atoms with Crippen LogP contribution in [0.2, 0.25) is 0 Å². The lowest BCUT2D eigenvalue weighted by molar-refractivity contribution is 0.626. The first-order chi connectivity index (χ1) is 13.0. The molecule has 0 aliphatic rings. The third-order valence-electron chi connectivity index (χ3n) is 4.31. The lowest BCUT2D eigenvalue weighted by Crippen LogP contribution is -2.21. The normalized spacial score (nSPS) is 11.2. The average molecular weight is 379 g/mol. The summed E-state index contributed by atoms with van der Waals surface area (Å²) in [4.78, 5) is 20.9. The molecule has 6 heteroatoms. The number of H-pyrrole nitrogens is 1. The molecule has 0 fully saturated rings. The Bertz CT molecular complexity index is 1180. The molecule has 0 aliphatic heterocycles. The highest BCUT2D eigenvalue weighted by Gasteiger charge is 2.15. The molecule has 2 aromatic carbocycles. The number of rotatable bonds is 4. The van der Waals surface area contributed by atoms with E-state index in [1.165, 1.54) is 23.9 Å². The fraction of sp³-hybridized carbons (Fsp3) is 0.143. The number of aryl methyl sites for hydroxylation is 2. The van der Waals surface area contributed by atoms with Gasteiger partial charge in [0.15, 0.2) is 5.16 Å². The number of nitrogens with one attached hydrogen (secondary N) is 1. The lowest BCUT2D eigenvalue weighted by atomic mass is 10.2. The van der Waals surface area contributed by atoms with Crippen LogP contribution in [0.3, 0.4) is 0 Å². The van der Waals surface area contributed by atoms with Crippen LogP contribution in [0.1, 0.15) is 16.8 Å². The van der Waals surface area contributed by atoms with Gasteiger partial charge in [-0.2, -0.15) is 0 Å². The van der Waals surface area contributed by atoms with Crippen molar-refractivity contribution < 1.29 is 4.39 Å². The summed E-state index contributed by atoms with van der Waals surface area (Å²) in [7, 11) is 0. The quantitative estimate of drug-likeness (QED) is 0.411. The fourth-order valence-corrected chi connectivity index (χ4v) is 3.93. The van der Waals surface area contributed by atoms with Crippen LogP contribution in [0.25, 0.3) is 16.7 Å². The summed E-state index contributed by atoms with van der Waals surface area (Å²) in [6, 6.07) is 16.1. The Morgan fingerprint density at radius 2 is 1.89 bits per heavy atom. The van der Waals surface area contributed by atoms with E-state index in [1.54, 1.807) is 10.6 Å². The van der Waals surface area contributed by atoms with Crippen LogP contribution < -0.4 is 5.56 Å². The zero-order valence-corrected chi connectivity index (χ0v) is 15.8. The van der Waals surface area contributed by atoms with Gasteiger partial charge >= 0.3 is 0 Å². The minimum atomic E-state index is -0.270. The van der Waals surface area contributed by atoms with Crippen LogP contribution in [0, 0.1) is 19.7 Å². The largest absolute Gasteiger partial charge is 0.353 e. The van der Waals surface area contributed by atoms with E-state index in [-0.39, 0.29) is 11.4 Å². The standard InChI is InChI=1S/C21H18FN3OS/c1-13-6-8-17(9-7-13)25-20(26)19-18(10-14(2)23-19)24-21(25)27-12-15-4-3-5-16(22)11-15/h3-11,23H,12H2,1-2H3. The van der Waals surface area contributed by atoms with Crippen molar-refractivity contribution in [2.45, 2.75) is 24.8 Å². The molecule has 0 saturated heterocycles. The fourth-order valence-electron chi connectivity index (χ4n) is 2.97. The van der Waals surface area contributed by atoms with Gasteiger partial charge in [-0.25, -0.2) is 9.37 Å². The van der Waals surface area contributed by atoms with Gasteiger partial charge in [0.1, 0.15) is 11.3 Å². The molecular weight excluding hydrogens is 361 g/mol. The van der Waals surface area contributed by atoms with E-state index >= 15 is 0 Å². The first kappa shape index (κ1) is 17.5. The van der Waals surface area contributed by atoms with Gasteiger partial charge in [0.05, 0.1) is 11.2 Å². The Morgan fingerprint density at radius 1 is 1.11 bits per heavy atom. The Labute approximate surface area is 160 Å². The van der Waals surface area contributed by atoms with Crippen LogP contribution >= 0.6 is 11.8 Å². The molecule has 4 rings (SSSR count). The van der Waals surface area contributed by atoms with E-state index in [4.69, 9.17) is 4.98 Å². The van der Waals surface area contributed by atoms with Crippen molar-refractivity contribution in [2.24, 2.45) is 0 Å². The van der Waals surface area contributed by atoms with Crippen molar-refractivity contribution in [3.63, 3.8) is 0 Å². The number of hydrogen-bond donors (Lipinski definition) is 1. The first-order valence-corrected chi connectivity index (χ1v) is 9.56. The van der Waals surface area contributed by atoms with E-state index < -0.39 is 0 Å². The average Bonchev–Trinajstić information content (AvgIpc) is 3.02. The number of halogens is 1. The van der Waals surface area contributed by atoms with Crippen LogP contribution in [0.15, 0.2) is 64.5 Å². The molecule has 2 aromatic heterocycles. The molecule has 4 nitrogen and oxygen atoms in total. The second kappa shape index (κ2) is 7.04. The number of aromatic nitrogens is 3. The van der Waals surface area contributed by atoms with Crippen molar-refractivity contribution in [3.05, 3.63) is 87.6 Å². The van der Waals surface area contributed by atoms with Crippen LogP contribution in [-0.2, 0) is 5.75 Å². The SMILES string of the molecule is Cc1ccc(-n2c(SCc3cccc(F)c3)nc3cc(C)[nH]c3c2=O)cc1. The van der Waals surface area contributed by atoms with E-state index in [2.05, 4.69) is 4.98 Å². The zero-order chi connectivity index (χ0) is 19.0. The third-order valence-corrected chi connectivity index (χ3v) is 5.31. The number of nitrogens with zero attached hydrogens (tertiary/aromatic N) is 2. The van der Waals surface area contributed by atoms with Crippen molar-refractivity contribution in [2.75, 3.05) is 0 Å². The minimum absolute atomic E-state index is 0.140. The molecule has 2 heterocycles. The number of benzene rings is 2. The molecule has 0 aliphatic carbocycles. The molecule has 4 aromatic rings. The predicted octanol–water partition coefficient (Wildman–Crippen LogP) is 4.76. The van der Waals surface area contributed by atoms with Crippen molar-refractivity contribution >= 4 is 22.8 Å². The maximum Gasteiger partial charge on any atom is 0.283 e. The van der Waals surface area contributed by atoms with E-state index in [0.717, 1.165) is 22.5 Å². The Morgan fingerprint density at radius 3 is 2.63 bits per heavy atom. The Hall–Kier alpha value is -2.86. The molecular formula is C21H18FN3OS. The minimum Gasteiger partial charge on any atom is -0.353 e. The lowest BCUT2D eigenvalue weighted by Gasteiger charge is -2.12. The molecule has 0 saturated carbocycles. The monoisotopic (exact) mass is 379 g/mol. The van der Waals surface area contributed by atoms with Crippen LogP contribution in [0.4, 0.5) is 4.39 Å². The summed E-state index contributed by atoms with van der Waals surface area (Å²) in [5, 5.41) is 0.583. The van der Waals surface area contributed by atoms with Gasteiger partial charge in [0.25, 0.3) is 5.56 Å². The smallest absolute Gasteiger partial charge is 0.283 e. The summed E-state index contributed by atoms with van der Waals surface area (Å²) in [5.41, 5.74) is 4.59. The Kier molecular flexibility index (Phi) is 4.58. The van der Waals surface area contributed by atoms with Crippen molar-refractivity contribution in [3.8, 4) is 5.69 Å². The van der Waals surface area contributed by atoms with Gasteiger partial charge in [0.2, 0.25) is 0 Å². The molecule has 0 spiro atoms. The van der Waals surface area contributed by atoms with Gasteiger partial charge in [-0.3, -0.25) is 9.36 Å². The Balaban J connectivity index is 1.83. The van der Waals surface area contributed by atoms with Crippen molar-refractivity contribution in [1.29, 1.82) is 0 Å². The van der Waals surface area contributed by atoms with Gasteiger partial charge in [-0.1, -0.05) is 41.6 Å². The number of aromatic amines is 1. The third kappa shape index (κ3) is 3.53. The molecule has 1 N–H and O–H groups in total. The predicted molar refractivity (Wildman–Crippen MR) is 107 cm³/mol. The number of fused-ring (bicyclic) bond motifs is 1. The second-order valence-corrected chi connectivity index (χ2v) is 7.44. The summed E-state index contributed by atoms with van der Waals surface area (Å²) < 4.78 is 15.1. The molecule has 0 bridgehead atoms. The van der Waals surface area contributed by atoms with Crippen molar-refractivity contribution in [1.82, 2.24) is 14.5 Å². The summed E-state index contributed by atoms with van der Waals surface area (Å²) >= 11 is 1.42. The number of hydrogen-bond acceptors (Lipinski definition) is 3. The first-order valence-electron chi connectivity index (χ1n) is 8.58. The van der Waals surface area contributed by atoms with Gasteiger partial charge < -0.3 is 4.98 Å². The maximum atomic E-state index is 13.5. The van der Waals surface area contributed by atoms with Crippen LogP contribution in [-0.4, -0.2) is 14.5 Å². The van der Waals surface area contributed by atoms with E-state index in [0.29, 0.717) is 21.9 Å². The molecule has 136 valence electrons. The maximum absolute atomic E-state index is 13.5. The van der Waals surface area contributed by atoms with E-state index in [9.17, 15) is 9.18 Å². The molecule has 0 amide bonds. The molecule has 0 atom stereocenters. The summed E-state index contributed by atoms with van der Waals surface area (Å²) in [5.74, 6) is 0.249. The molecule has 27 heavy (non-hydrogen) atoms. The highest BCUT2D eigenvalue weighted by atomic mass is 32.2. The van der Waals surface area contributed by atoms with E-state index in [1.807, 2.05) is 50.2 Å². The summed E-state index contributed by atoms with van der Waals surface area (Å²) in [6.45, 7) is 3.90. The zero-order valence-electron chi connectivity index (χ0n) is 15.0. The highest BCUT2D eigenvalue weighted by molar-refractivity contribution is 7.98. The molecule has 0 unspecified atom stereocenters. The van der Waals surface area contributed by atoms with Gasteiger partial charge in [-0.15, -0.1) is 0 Å². The van der Waals surface area contributed by atoms with Crippen LogP contribution in [0.5, 0.6) is 0 Å². The second-order valence-electron chi connectivity index (χ2n) is 6.50. The highest BCUT2D eigenvalue weighted by Crippen LogP contribution is 2.25. The number of thioether (sulfide) groups is 1. The molecule has 0 radical (unpaired) electrons. The summed E-state index contributed by atoms with van der Waals surface area (Å²) in [6.07, 6.45) is 0.